The molecule has 2 aliphatic rings. The normalized spacial score (nSPS) is 16.4. The fraction of sp³-hybridized carbons (Fsp3) is 0.450. The lowest BCUT2D eigenvalue weighted by molar-refractivity contribution is 0.0733. The first-order valence-corrected chi connectivity index (χ1v) is 9.40. The molecule has 1 saturated heterocycles. The van der Waals surface area contributed by atoms with Gasteiger partial charge < -0.3 is 14.7 Å². The lowest BCUT2D eigenvalue weighted by atomic mass is 10.0. The highest BCUT2D eigenvalue weighted by Gasteiger charge is 2.28. The lowest BCUT2D eigenvalue weighted by Gasteiger charge is -2.32. The van der Waals surface area contributed by atoms with E-state index < -0.39 is 0 Å². The largest absolute Gasteiger partial charge is 0.362 e. The van der Waals surface area contributed by atoms with E-state index in [-0.39, 0.29) is 11.7 Å². The zero-order valence-corrected chi connectivity index (χ0v) is 15.8. The van der Waals surface area contributed by atoms with E-state index in [0.29, 0.717) is 25.1 Å². The fourth-order valence-corrected chi connectivity index (χ4v) is 3.76. The van der Waals surface area contributed by atoms with Crippen LogP contribution in [0.1, 0.15) is 34.5 Å². The van der Waals surface area contributed by atoms with E-state index >= 15 is 0 Å². The van der Waals surface area contributed by atoms with Crippen LogP contribution in [-0.2, 0) is 13.0 Å². The minimum absolute atomic E-state index is 0.0889. The van der Waals surface area contributed by atoms with Gasteiger partial charge in [-0.3, -0.25) is 4.79 Å². The zero-order chi connectivity index (χ0) is 19.0. The SMILES string of the molecule is CN(C)c1nc(N2CCCC2)nc2c1CN(C(=O)c1ccc(F)cc1)CC2. The number of nitrogens with zero attached hydrogens (tertiary/aromatic N) is 5. The Labute approximate surface area is 158 Å². The molecule has 6 nitrogen and oxygen atoms in total. The molecule has 7 heteroatoms. The molecular formula is C20H24FN5O. The molecular weight excluding hydrogens is 345 g/mol. The number of hydrogen-bond donors (Lipinski definition) is 0. The second kappa shape index (κ2) is 7.13. The molecule has 2 aliphatic heterocycles. The van der Waals surface area contributed by atoms with Crippen LogP contribution in [0, 0.1) is 5.82 Å². The predicted octanol–water partition coefficient (Wildman–Crippen LogP) is 2.48. The highest BCUT2D eigenvalue weighted by atomic mass is 19.1. The Balaban J connectivity index is 1.63. The van der Waals surface area contributed by atoms with E-state index in [1.54, 1.807) is 4.90 Å². The van der Waals surface area contributed by atoms with Gasteiger partial charge in [0.25, 0.3) is 5.91 Å². The Morgan fingerprint density at radius 3 is 2.44 bits per heavy atom. The van der Waals surface area contributed by atoms with Gasteiger partial charge in [-0.15, -0.1) is 0 Å². The molecule has 0 atom stereocenters. The third-order valence-electron chi connectivity index (χ3n) is 5.22. The molecule has 0 saturated carbocycles. The molecule has 0 spiro atoms. The first-order chi connectivity index (χ1) is 13.0. The van der Waals surface area contributed by atoms with Crippen molar-refractivity contribution in [2.24, 2.45) is 0 Å². The lowest BCUT2D eigenvalue weighted by Crippen LogP contribution is -2.38. The number of benzene rings is 1. The Morgan fingerprint density at radius 1 is 1.07 bits per heavy atom. The molecule has 1 amide bonds. The van der Waals surface area contributed by atoms with Crippen LogP contribution in [0.5, 0.6) is 0 Å². The summed E-state index contributed by atoms with van der Waals surface area (Å²) >= 11 is 0. The molecule has 1 aromatic heterocycles. The summed E-state index contributed by atoms with van der Waals surface area (Å²) in [6, 6.07) is 5.71. The van der Waals surface area contributed by atoms with Crippen LogP contribution in [-0.4, -0.2) is 54.5 Å². The molecule has 1 aromatic carbocycles. The second-order valence-corrected chi connectivity index (χ2v) is 7.34. The van der Waals surface area contributed by atoms with Crippen molar-refractivity contribution in [2.45, 2.75) is 25.8 Å². The van der Waals surface area contributed by atoms with Gasteiger partial charge in [0.15, 0.2) is 0 Å². The van der Waals surface area contributed by atoms with Crippen LogP contribution < -0.4 is 9.80 Å². The summed E-state index contributed by atoms with van der Waals surface area (Å²) in [4.78, 5) is 28.5. The number of halogens is 1. The Morgan fingerprint density at radius 2 is 1.78 bits per heavy atom. The van der Waals surface area contributed by atoms with E-state index in [4.69, 9.17) is 9.97 Å². The Bertz CT molecular complexity index is 846. The van der Waals surface area contributed by atoms with Gasteiger partial charge in [-0.05, 0) is 37.1 Å². The topological polar surface area (TPSA) is 52.6 Å². The number of rotatable bonds is 3. The standard InChI is InChI=1S/C20H24FN5O/c1-24(2)18-16-13-26(19(27)14-5-7-15(21)8-6-14)12-9-17(16)22-20(23-18)25-10-3-4-11-25/h5-8H,3-4,9-13H2,1-2H3. The smallest absolute Gasteiger partial charge is 0.254 e. The Kier molecular flexibility index (Phi) is 4.68. The van der Waals surface area contributed by atoms with Gasteiger partial charge in [-0.25, -0.2) is 9.37 Å². The van der Waals surface area contributed by atoms with Gasteiger partial charge in [0.2, 0.25) is 5.95 Å². The number of hydrogen-bond acceptors (Lipinski definition) is 5. The highest BCUT2D eigenvalue weighted by molar-refractivity contribution is 5.94. The predicted molar refractivity (Wildman–Crippen MR) is 103 cm³/mol. The Hall–Kier alpha value is -2.70. The number of anilines is 2. The molecule has 0 bridgehead atoms. The summed E-state index contributed by atoms with van der Waals surface area (Å²) < 4.78 is 13.1. The van der Waals surface area contributed by atoms with Crippen molar-refractivity contribution >= 4 is 17.7 Å². The maximum atomic E-state index is 13.1. The van der Waals surface area contributed by atoms with Crippen molar-refractivity contribution in [1.82, 2.24) is 14.9 Å². The monoisotopic (exact) mass is 369 g/mol. The number of carbonyl (C=O) groups is 1. The quantitative estimate of drug-likeness (QED) is 0.832. The van der Waals surface area contributed by atoms with Crippen molar-refractivity contribution in [3.05, 3.63) is 46.9 Å². The van der Waals surface area contributed by atoms with E-state index in [9.17, 15) is 9.18 Å². The number of amides is 1. The first-order valence-electron chi connectivity index (χ1n) is 9.40. The maximum absolute atomic E-state index is 13.1. The molecule has 0 radical (unpaired) electrons. The number of fused-ring (bicyclic) bond motifs is 1. The number of aromatic nitrogens is 2. The van der Waals surface area contributed by atoms with Crippen LogP contribution in [0.4, 0.5) is 16.2 Å². The molecule has 1 fully saturated rings. The molecule has 142 valence electrons. The van der Waals surface area contributed by atoms with Crippen molar-refractivity contribution in [2.75, 3.05) is 43.5 Å². The summed E-state index contributed by atoms with van der Waals surface area (Å²) in [7, 11) is 3.94. The van der Waals surface area contributed by atoms with Crippen LogP contribution >= 0.6 is 0 Å². The van der Waals surface area contributed by atoms with E-state index in [0.717, 1.165) is 36.1 Å². The van der Waals surface area contributed by atoms with Crippen LogP contribution in [0.25, 0.3) is 0 Å². The van der Waals surface area contributed by atoms with E-state index in [1.807, 2.05) is 19.0 Å². The van der Waals surface area contributed by atoms with Crippen molar-refractivity contribution in [3.8, 4) is 0 Å². The maximum Gasteiger partial charge on any atom is 0.254 e. The van der Waals surface area contributed by atoms with Crippen molar-refractivity contribution < 1.29 is 9.18 Å². The van der Waals surface area contributed by atoms with Crippen LogP contribution in [0.2, 0.25) is 0 Å². The summed E-state index contributed by atoms with van der Waals surface area (Å²) in [5.74, 6) is 1.24. The third kappa shape index (κ3) is 3.46. The second-order valence-electron chi connectivity index (χ2n) is 7.34. The summed E-state index contributed by atoms with van der Waals surface area (Å²) in [5.41, 5.74) is 2.53. The minimum Gasteiger partial charge on any atom is -0.362 e. The van der Waals surface area contributed by atoms with Gasteiger partial charge in [-0.2, -0.15) is 4.98 Å². The third-order valence-corrected chi connectivity index (χ3v) is 5.22. The van der Waals surface area contributed by atoms with Crippen LogP contribution in [0.15, 0.2) is 24.3 Å². The molecule has 0 N–H and O–H groups in total. The van der Waals surface area contributed by atoms with Gasteiger partial charge in [0.1, 0.15) is 11.6 Å². The summed E-state index contributed by atoms with van der Waals surface area (Å²) in [6.45, 7) is 3.08. The molecule has 27 heavy (non-hydrogen) atoms. The molecule has 0 unspecified atom stereocenters. The minimum atomic E-state index is -0.340. The van der Waals surface area contributed by atoms with E-state index in [1.165, 1.54) is 37.1 Å². The summed E-state index contributed by atoms with van der Waals surface area (Å²) in [5, 5.41) is 0. The first kappa shape index (κ1) is 17.7. The van der Waals surface area contributed by atoms with Gasteiger partial charge >= 0.3 is 0 Å². The van der Waals surface area contributed by atoms with Gasteiger partial charge in [0.05, 0.1) is 12.2 Å². The van der Waals surface area contributed by atoms with Gasteiger partial charge in [-0.1, -0.05) is 0 Å². The number of carbonyl (C=O) groups excluding carboxylic acids is 1. The molecule has 0 aliphatic carbocycles. The molecule has 2 aromatic rings. The van der Waals surface area contributed by atoms with Crippen molar-refractivity contribution in [3.63, 3.8) is 0 Å². The van der Waals surface area contributed by atoms with Gasteiger partial charge in [0, 0.05) is 51.3 Å². The molecule has 3 heterocycles. The highest BCUT2D eigenvalue weighted by Crippen LogP contribution is 2.29. The zero-order valence-electron chi connectivity index (χ0n) is 15.8. The molecule has 4 rings (SSSR count). The average molecular weight is 369 g/mol. The van der Waals surface area contributed by atoms with Crippen molar-refractivity contribution in [1.29, 1.82) is 0 Å². The average Bonchev–Trinajstić information content (AvgIpc) is 3.21. The van der Waals surface area contributed by atoms with Crippen LogP contribution in [0.3, 0.4) is 0 Å². The fourth-order valence-electron chi connectivity index (χ4n) is 3.76. The summed E-state index contributed by atoms with van der Waals surface area (Å²) in [6.07, 6.45) is 3.06. The van der Waals surface area contributed by atoms with E-state index in [2.05, 4.69) is 4.90 Å².